The molecule has 0 spiro atoms. The van der Waals surface area contributed by atoms with E-state index >= 15 is 0 Å². The number of aromatic hydroxyl groups is 1. The van der Waals surface area contributed by atoms with E-state index in [1.165, 1.54) is 0 Å². The van der Waals surface area contributed by atoms with Gasteiger partial charge in [0.1, 0.15) is 5.75 Å². The average Bonchev–Trinajstić information content (AvgIpc) is 2.55. The molecule has 0 unspecified atom stereocenters. The summed E-state index contributed by atoms with van der Waals surface area (Å²) in [6, 6.07) is 16.4. The normalized spacial score (nSPS) is 10.6. The first-order chi connectivity index (χ1) is 11.5. The molecule has 3 aromatic rings. The molecular weight excluding hydrogens is 300 g/mol. The number of phenols is 1. The van der Waals surface area contributed by atoms with Crippen molar-refractivity contribution in [3.63, 3.8) is 0 Å². The van der Waals surface area contributed by atoms with E-state index in [4.69, 9.17) is 0 Å². The van der Waals surface area contributed by atoms with Crippen LogP contribution in [-0.2, 0) is 0 Å². The Kier molecular flexibility index (Phi) is 4.13. The Bertz CT molecular complexity index is 917. The lowest BCUT2D eigenvalue weighted by molar-refractivity contribution is 0.102. The number of anilines is 2. The third kappa shape index (κ3) is 2.91. The summed E-state index contributed by atoms with van der Waals surface area (Å²) in [5.41, 5.74) is 3.42. The van der Waals surface area contributed by atoms with Crippen LogP contribution in [0.5, 0.6) is 5.75 Å². The maximum absolute atomic E-state index is 12.6. The van der Waals surface area contributed by atoms with Gasteiger partial charge >= 0.3 is 0 Å². The summed E-state index contributed by atoms with van der Waals surface area (Å²) in [7, 11) is 3.95. The molecule has 4 nitrogen and oxygen atoms in total. The summed E-state index contributed by atoms with van der Waals surface area (Å²) >= 11 is 0. The number of aryl methyl sites for hydroxylation is 1. The number of benzene rings is 3. The Morgan fingerprint density at radius 3 is 2.42 bits per heavy atom. The molecule has 3 rings (SSSR count). The maximum atomic E-state index is 12.6. The molecule has 122 valence electrons. The number of rotatable bonds is 3. The first kappa shape index (κ1) is 15.9. The second-order valence-electron chi connectivity index (χ2n) is 6.03. The number of carbonyl (C=O) groups is 1. The number of amides is 1. The fourth-order valence-electron chi connectivity index (χ4n) is 2.90. The van der Waals surface area contributed by atoms with Crippen molar-refractivity contribution in [2.75, 3.05) is 24.3 Å². The first-order valence-corrected chi connectivity index (χ1v) is 7.77. The molecule has 0 aliphatic carbocycles. The number of hydrogen-bond donors (Lipinski definition) is 2. The zero-order chi connectivity index (χ0) is 17.3. The molecule has 4 heteroatoms. The Morgan fingerprint density at radius 2 is 1.71 bits per heavy atom. The number of phenolic OH excluding ortho intramolecular Hbond substituents is 1. The number of carbonyl (C=O) groups excluding carboxylic acids is 1. The van der Waals surface area contributed by atoms with Gasteiger partial charge in [-0.25, -0.2) is 0 Å². The Labute approximate surface area is 141 Å². The van der Waals surface area contributed by atoms with Crippen LogP contribution in [0.1, 0.15) is 15.9 Å². The highest BCUT2D eigenvalue weighted by Gasteiger charge is 2.11. The van der Waals surface area contributed by atoms with Crippen LogP contribution in [0.2, 0.25) is 0 Å². The quantitative estimate of drug-likeness (QED) is 0.761. The van der Waals surface area contributed by atoms with E-state index in [1.54, 1.807) is 12.1 Å². The molecular formula is C20H20N2O2. The molecule has 0 saturated heterocycles. The van der Waals surface area contributed by atoms with Gasteiger partial charge in [-0.1, -0.05) is 24.3 Å². The Morgan fingerprint density at radius 1 is 1.00 bits per heavy atom. The lowest BCUT2D eigenvalue weighted by atomic mass is 10.1. The van der Waals surface area contributed by atoms with Crippen molar-refractivity contribution in [1.29, 1.82) is 0 Å². The van der Waals surface area contributed by atoms with E-state index in [2.05, 4.69) is 5.32 Å². The molecule has 0 saturated carbocycles. The molecule has 3 aromatic carbocycles. The van der Waals surface area contributed by atoms with Crippen molar-refractivity contribution < 1.29 is 9.90 Å². The van der Waals surface area contributed by atoms with Gasteiger partial charge in [-0.15, -0.1) is 0 Å². The van der Waals surface area contributed by atoms with Crippen LogP contribution in [-0.4, -0.2) is 25.1 Å². The third-order valence-electron chi connectivity index (χ3n) is 4.09. The molecule has 0 atom stereocenters. The third-order valence-corrected chi connectivity index (χ3v) is 4.09. The van der Waals surface area contributed by atoms with Crippen molar-refractivity contribution in [1.82, 2.24) is 0 Å². The molecule has 1 amide bonds. The van der Waals surface area contributed by atoms with Crippen molar-refractivity contribution in [3.8, 4) is 5.75 Å². The van der Waals surface area contributed by atoms with Crippen LogP contribution in [0.4, 0.5) is 11.4 Å². The minimum Gasteiger partial charge on any atom is -0.507 e. The van der Waals surface area contributed by atoms with Crippen molar-refractivity contribution in [3.05, 3.63) is 65.7 Å². The highest BCUT2D eigenvalue weighted by molar-refractivity contribution is 6.10. The van der Waals surface area contributed by atoms with E-state index in [0.29, 0.717) is 11.3 Å². The predicted octanol–water partition coefficient (Wildman–Crippen LogP) is 4.17. The number of hydrogen-bond acceptors (Lipinski definition) is 3. The number of fused-ring (bicyclic) bond motifs is 1. The lowest BCUT2D eigenvalue weighted by Crippen LogP contribution is -2.14. The second kappa shape index (κ2) is 6.24. The standard InChI is InChI=1S/C20H20N2O2/c1-13-12-14(10-11-18(13)22(2)3)20(24)21-17-8-4-7-16-15(17)6-5-9-19(16)23/h4-12,23H,1-3H3,(H,21,24). The number of nitrogens with one attached hydrogen (secondary N) is 1. The molecule has 0 bridgehead atoms. The predicted molar refractivity (Wildman–Crippen MR) is 99.1 cm³/mol. The van der Waals surface area contributed by atoms with Gasteiger partial charge in [0, 0.05) is 41.8 Å². The molecule has 0 aliphatic rings. The summed E-state index contributed by atoms with van der Waals surface area (Å²) < 4.78 is 0. The van der Waals surface area contributed by atoms with Crippen molar-refractivity contribution in [2.45, 2.75) is 6.92 Å². The molecule has 0 aromatic heterocycles. The fourth-order valence-corrected chi connectivity index (χ4v) is 2.90. The fraction of sp³-hybridized carbons (Fsp3) is 0.150. The summed E-state index contributed by atoms with van der Waals surface area (Å²) in [6.45, 7) is 1.99. The van der Waals surface area contributed by atoms with Crippen molar-refractivity contribution in [2.24, 2.45) is 0 Å². The van der Waals surface area contributed by atoms with Crippen LogP contribution in [0.3, 0.4) is 0 Å². The molecule has 0 fully saturated rings. The van der Waals surface area contributed by atoms with Gasteiger partial charge in [0.15, 0.2) is 0 Å². The van der Waals surface area contributed by atoms with Gasteiger partial charge in [-0.2, -0.15) is 0 Å². The highest BCUT2D eigenvalue weighted by Crippen LogP contribution is 2.30. The Hall–Kier alpha value is -3.01. The molecule has 0 aliphatic heterocycles. The van der Waals surface area contributed by atoms with Crippen LogP contribution < -0.4 is 10.2 Å². The average molecular weight is 320 g/mol. The van der Waals surface area contributed by atoms with E-state index in [0.717, 1.165) is 22.0 Å². The zero-order valence-electron chi connectivity index (χ0n) is 14.0. The van der Waals surface area contributed by atoms with Gasteiger partial charge in [-0.3, -0.25) is 4.79 Å². The van der Waals surface area contributed by atoms with Crippen molar-refractivity contribution >= 4 is 28.1 Å². The topological polar surface area (TPSA) is 52.6 Å². The van der Waals surface area contributed by atoms with Crippen LogP contribution in [0, 0.1) is 6.92 Å². The Balaban J connectivity index is 1.93. The minimum atomic E-state index is -0.167. The SMILES string of the molecule is Cc1cc(C(=O)Nc2cccc3c(O)cccc23)ccc1N(C)C. The molecule has 0 radical (unpaired) electrons. The van der Waals surface area contributed by atoms with Gasteiger partial charge < -0.3 is 15.3 Å². The van der Waals surface area contributed by atoms with Crippen LogP contribution in [0.25, 0.3) is 10.8 Å². The first-order valence-electron chi connectivity index (χ1n) is 7.77. The van der Waals surface area contributed by atoms with E-state index < -0.39 is 0 Å². The largest absolute Gasteiger partial charge is 0.507 e. The summed E-state index contributed by atoms with van der Waals surface area (Å²) in [5, 5.41) is 14.4. The summed E-state index contributed by atoms with van der Waals surface area (Å²) in [5.74, 6) is 0.0361. The zero-order valence-corrected chi connectivity index (χ0v) is 14.0. The van der Waals surface area contributed by atoms with Crippen LogP contribution >= 0.6 is 0 Å². The smallest absolute Gasteiger partial charge is 0.255 e. The number of nitrogens with zero attached hydrogens (tertiary/aromatic N) is 1. The molecule has 24 heavy (non-hydrogen) atoms. The highest BCUT2D eigenvalue weighted by atomic mass is 16.3. The van der Waals surface area contributed by atoms with Gasteiger partial charge in [-0.05, 0) is 42.8 Å². The minimum absolute atomic E-state index is 0.167. The maximum Gasteiger partial charge on any atom is 0.255 e. The summed E-state index contributed by atoms with van der Waals surface area (Å²) in [6.07, 6.45) is 0. The van der Waals surface area contributed by atoms with Crippen LogP contribution in [0.15, 0.2) is 54.6 Å². The van der Waals surface area contributed by atoms with Gasteiger partial charge in [0.05, 0.1) is 0 Å². The second-order valence-corrected chi connectivity index (χ2v) is 6.03. The van der Waals surface area contributed by atoms with Gasteiger partial charge in [0.25, 0.3) is 5.91 Å². The lowest BCUT2D eigenvalue weighted by Gasteiger charge is -2.16. The molecule has 0 heterocycles. The van der Waals surface area contributed by atoms with E-state index in [1.807, 2.05) is 68.4 Å². The van der Waals surface area contributed by atoms with Gasteiger partial charge in [0.2, 0.25) is 0 Å². The summed E-state index contributed by atoms with van der Waals surface area (Å²) in [4.78, 5) is 14.6. The molecule has 2 N–H and O–H groups in total. The monoisotopic (exact) mass is 320 g/mol. The van der Waals surface area contributed by atoms with E-state index in [-0.39, 0.29) is 11.7 Å². The van der Waals surface area contributed by atoms with E-state index in [9.17, 15) is 9.90 Å².